The Balaban J connectivity index is 1.68. The molecule has 0 bridgehead atoms. The van der Waals surface area contributed by atoms with Gasteiger partial charge in [-0.25, -0.2) is 0 Å². The molecule has 1 aromatic rings. The van der Waals surface area contributed by atoms with Crippen LogP contribution in [0.3, 0.4) is 0 Å². The van der Waals surface area contributed by atoms with Gasteiger partial charge in [0.25, 0.3) is 0 Å². The van der Waals surface area contributed by atoms with Crippen LogP contribution in [0, 0.1) is 0 Å². The molecule has 1 saturated heterocycles. The summed E-state index contributed by atoms with van der Waals surface area (Å²) in [7, 11) is 3.88. The Morgan fingerprint density at radius 3 is 2.92 bits per heavy atom. The predicted molar refractivity (Wildman–Crippen MR) is 101 cm³/mol. The van der Waals surface area contributed by atoms with Crippen molar-refractivity contribution in [3.8, 4) is 11.5 Å². The van der Waals surface area contributed by atoms with Crippen molar-refractivity contribution in [2.75, 3.05) is 27.3 Å². The van der Waals surface area contributed by atoms with Gasteiger partial charge in [0.05, 0.1) is 25.2 Å². The highest BCUT2D eigenvalue weighted by molar-refractivity contribution is 9.10. The molecular weight excluding hydrogens is 398 g/mol. The van der Waals surface area contributed by atoms with Crippen LogP contribution >= 0.6 is 15.9 Å². The lowest BCUT2D eigenvalue weighted by atomic mass is 9.68. The maximum absolute atomic E-state index is 6.54. The van der Waals surface area contributed by atoms with Crippen LogP contribution < -0.4 is 9.47 Å². The van der Waals surface area contributed by atoms with Crippen LogP contribution in [0.1, 0.15) is 30.9 Å². The van der Waals surface area contributed by atoms with Crippen LogP contribution in [0.15, 0.2) is 22.7 Å². The van der Waals surface area contributed by atoms with E-state index in [9.17, 15) is 0 Å². The molecule has 1 fully saturated rings. The molecule has 5 nitrogen and oxygen atoms in total. The summed E-state index contributed by atoms with van der Waals surface area (Å²) in [5.41, 5.74) is 2.41. The zero-order chi connectivity index (χ0) is 18.1. The first-order valence-electron chi connectivity index (χ1n) is 9.23. The topological polar surface area (TPSA) is 40.2 Å². The van der Waals surface area contributed by atoms with Gasteiger partial charge in [-0.2, -0.15) is 0 Å². The van der Waals surface area contributed by atoms with E-state index in [0.717, 1.165) is 35.5 Å². The van der Waals surface area contributed by atoms with E-state index in [2.05, 4.69) is 47.0 Å². The molecule has 2 spiro atoms. The van der Waals surface area contributed by atoms with E-state index in [1.807, 2.05) is 6.07 Å². The van der Waals surface area contributed by atoms with E-state index in [4.69, 9.17) is 18.9 Å². The third kappa shape index (κ3) is 2.25. The molecule has 1 aromatic carbocycles. The number of rotatable bonds is 1. The fourth-order valence-corrected chi connectivity index (χ4v) is 5.48. The maximum atomic E-state index is 6.54. The average Bonchev–Trinajstić information content (AvgIpc) is 3.09. The van der Waals surface area contributed by atoms with E-state index >= 15 is 0 Å². The minimum atomic E-state index is -0.653. The van der Waals surface area contributed by atoms with Gasteiger partial charge in [-0.15, -0.1) is 0 Å². The van der Waals surface area contributed by atoms with Crippen LogP contribution in [0.2, 0.25) is 0 Å². The van der Waals surface area contributed by atoms with Crippen molar-refractivity contribution >= 4 is 15.9 Å². The van der Waals surface area contributed by atoms with Gasteiger partial charge < -0.3 is 23.8 Å². The fraction of sp³-hybridized carbons (Fsp3) is 0.600. The number of hydrogen-bond acceptors (Lipinski definition) is 5. The second-order valence-corrected chi connectivity index (χ2v) is 8.82. The largest absolute Gasteiger partial charge is 0.493 e. The van der Waals surface area contributed by atoms with Crippen LogP contribution in [0.5, 0.6) is 11.5 Å². The second kappa shape index (κ2) is 5.71. The van der Waals surface area contributed by atoms with Gasteiger partial charge in [-0.1, -0.05) is 22.0 Å². The Hall–Kier alpha value is -1.08. The van der Waals surface area contributed by atoms with Crippen LogP contribution in [0.25, 0.3) is 0 Å². The molecule has 0 radical (unpaired) electrons. The van der Waals surface area contributed by atoms with Crippen LogP contribution in [-0.4, -0.2) is 50.2 Å². The van der Waals surface area contributed by atoms with Crippen molar-refractivity contribution in [2.45, 2.75) is 49.7 Å². The van der Waals surface area contributed by atoms with Gasteiger partial charge in [0.15, 0.2) is 17.3 Å². The summed E-state index contributed by atoms with van der Waals surface area (Å²) in [5.74, 6) is 1.03. The van der Waals surface area contributed by atoms with E-state index in [0.29, 0.717) is 13.0 Å². The standard InChI is InChI=1S/C20H24BrNO4/c1-12-11-24-20(26-12)5-4-19-6-7-22(2)10-13-14(21)8-15(23-3)18(17(13)19)25-16(19)9-20/h4-5,8,12,16H,6-7,9-11H2,1-3H3/t12-,16?,19?,20?/m0/s1. The van der Waals surface area contributed by atoms with Crippen LogP contribution in [-0.2, 0) is 21.4 Å². The molecule has 0 N–H and O–H groups in total. The SMILES string of the molecule is COc1cc(Br)c2c3c1OC1CC4(C=CC31CCN(C)C2)OC[C@H](C)O4. The Kier molecular flexibility index (Phi) is 3.74. The number of nitrogens with zero attached hydrogens (tertiary/aromatic N) is 1. The van der Waals surface area contributed by atoms with Gasteiger partial charge in [0.2, 0.25) is 0 Å². The van der Waals surface area contributed by atoms with Gasteiger partial charge >= 0.3 is 0 Å². The van der Waals surface area contributed by atoms with E-state index in [1.165, 1.54) is 11.1 Å². The Bertz CT molecular complexity index is 797. The highest BCUT2D eigenvalue weighted by atomic mass is 79.9. The van der Waals surface area contributed by atoms with Crippen molar-refractivity contribution in [1.29, 1.82) is 0 Å². The minimum absolute atomic E-state index is 0.0127. The molecule has 0 amide bonds. The molecule has 4 atom stereocenters. The smallest absolute Gasteiger partial charge is 0.191 e. The molecule has 3 unspecified atom stereocenters. The van der Waals surface area contributed by atoms with Gasteiger partial charge in [-0.3, -0.25) is 0 Å². The third-order valence-corrected chi connectivity index (χ3v) is 6.93. The van der Waals surface area contributed by atoms with Crippen molar-refractivity contribution in [1.82, 2.24) is 4.90 Å². The van der Waals surface area contributed by atoms with E-state index in [1.54, 1.807) is 7.11 Å². The molecule has 0 saturated carbocycles. The summed E-state index contributed by atoms with van der Waals surface area (Å²) in [5, 5.41) is 0. The highest BCUT2D eigenvalue weighted by Crippen LogP contribution is 2.58. The summed E-state index contributed by atoms with van der Waals surface area (Å²) in [6, 6.07) is 2.03. The zero-order valence-corrected chi connectivity index (χ0v) is 17.0. The lowest BCUT2D eigenvalue weighted by Gasteiger charge is -2.40. The van der Waals surface area contributed by atoms with Gasteiger partial charge in [0.1, 0.15) is 6.10 Å². The Morgan fingerprint density at radius 2 is 2.19 bits per heavy atom. The molecule has 6 heteroatoms. The fourth-order valence-electron chi connectivity index (χ4n) is 4.94. The lowest BCUT2D eigenvalue weighted by Crippen LogP contribution is -2.48. The summed E-state index contributed by atoms with van der Waals surface area (Å²) in [6.45, 7) is 4.59. The summed E-state index contributed by atoms with van der Waals surface area (Å²) in [6.07, 6.45) is 6.23. The second-order valence-electron chi connectivity index (χ2n) is 7.97. The Labute approximate surface area is 162 Å². The summed E-state index contributed by atoms with van der Waals surface area (Å²) >= 11 is 3.77. The maximum Gasteiger partial charge on any atom is 0.191 e. The number of methoxy groups -OCH3 is 1. The number of benzene rings is 1. The first-order valence-corrected chi connectivity index (χ1v) is 10.0. The number of hydrogen-bond donors (Lipinski definition) is 0. The molecule has 4 aliphatic rings. The molecular formula is C20H24BrNO4. The lowest BCUT2D eigenvalue weighted by molar-refractivity contribution is -0.154. The van der Waals surface area contributed by atoms with Crippen molar-refractivity contribution in [3.63, 3.8) is 0 Å². The monoisotopic (exact) mass is 421 g/mol. The number of halogens is 1. The van der Waals surface area contributed by atoms with Crippen molar-refractivity contribution in [2.24, 2.45) is 0 Å². The summed E-state index contributed by atoms with van der Waals surface area (Å²) in [4.78, 5) is 2.37. The highest BCUT2D eigenvalue weighted by Gasteiger charge is 2.57. The quantitative estimate of drug-likeness (QED) is 0.649. The van der Waals surface area contributed by atoms with Gasteiger partial charge in [-0.05, 0) is 44.6 Å². The van der Waals surface area contributed by atoms with Gasteiger partial charge in [0, 0.05) is 23.0 Å². The van der Waals surface area contributed by atoms with E-state index in [-0.39, 0.29) is 17.6 Å². The minimum Gasteiger partial charge on any atom is -0.493 e. The van der Waals surface area contributed by atoms with Crippen molar-refractivity contribution < 1.29 is 18.9 Å². The van der Waals surface area contributed by atoms with Crippen molar-refractivity contribution in [3.05, 3.63) is 33.8 Å². The van der Waals surface area contributed by atoms with E-state index < -0.39 is 5.79 Å². The number of ether oxygens (including phenoxy) is 4. The Morgan fingerprint density at radius 1 is 1.35 bits per heavy atom. The van der Waals surface area contributed by atoms with Crippen LogP contribution in [0.4, 0.5) is 0 Å². The average molecular weight is 422 g/mol. The molecule has 26 heavy (non-hydrogen) atoms. The predicted octanol–water partition coefficient (Wildman–Crippen LogP) is 3.38. The summed E-state index contributed by atoms with van der Waals surface area (Å²) < 4.78 is 25.4. The zero-order valence-electron chi connectivity index (χ0n) is 15.4. The first kappa shape index (κ1) is 17.0. The molecule has 1 aliphatic carbocycles. The first-order chi connectivity index (χ1) is 12.5. The molecule has 140 valence electrons. The molecule has 3 aliphatic heterocycles. The molecule has 0 aromatic heterocycles. The molecule has 5 rings (SSSR count). The third-order valence-electron chi connectivity index (χ3n) is 6.22. The molecule has 3 heterocycles. The normalized spacial score (nSPS) is 38.0.